The smallest absolute Gasteiger partial charge is 0.240 e. The lowest BCUT2D eigenvalue weighted by Gasteiger charge is -2.24. The number of hydrogen-bond acceptors (Lipinski definition) is 4. The lowest BCUT2D eigenvalue weighted by molar-refractivity contribution is -0.130. The normalized spacial score (nSPS) is 12.9. The first kappa shape index (κ1) is 16.7. The molecule has 0 saturated heterocycles. The van der Waals surface area contributed by atoms with Gasteiger partial charge in [-0.05, 0) is 18.9 Å². The highest BCUT2D eigenvalue weighted by molar-refractivity contribution is 7.92. The third-order valence-corrected chi connectivity index (χ3v) is 4.70. The predicted molar refractivity (Wildman–Crippen MR) is 80.1 cm³/mol. The Bertz CT molecular complexity index is 529. The molecule has 1 amide bonds. The van der Waals surface area contributed by atoms with Crippen molar-refractivity contribution in [1.29, 1.82) is 0 Å². The summed E-state index contributed by atoms with van der Waals surface area (Å²) in [6, 6.07) is 9.75. The molecule has 6 heteroatoms. The van der Waals surface area contributed by atoms with E-state index in [0.717, 1.165) is 11.8 Å². The van der Waals surface area contributed by atoms with Crippen molar-refractivity contribution in [2.24, 2.45) is 5.73 Å². The molecule has 2 N–H and O–H groups in total. The molecule has 1 aromatic carbocycles. The van der Waals surface area contributed by atoms with Crippen molar-refractivity contribution in [3.63, 3.8) is 0 Å². The zero-order chi connectivity index (χ0) is 15.2. The summed E-state index contributed by atoms with van der Waals surface area (Å²) in [5.41, 5.74) is 6.61. The van der Waals surface area contributed by atoms with Gasteiger partial charge in [-0.25, -0.2) is 8.42 Å². The SMILES string of the molecule is CC(C(=O)N(CCN)CCc1ccccc1)S(C)(=O)=O. The van der Waals surface area contributed by atoms with E-state index in [4.69, 9.17) is 5.73 Å². The number of carbonyl (C=O) groups is 1. The van der Waals surface area contributed by atoms with Crippen LogP contribution in [0.15, 0.2) is 30.3 Å². The summed E-state index contributed by atoms with van der Waals surface area (Å²) >= 11 is 0. The van der Waals surface area contributed by atoms with Crippen molar-refractivity contribution < 1.29 is 13.2 Å². The van der Waals surface area contributed by atoms with Crippen LogP contribution in [0.4, 0.5) is 0 Å². The van der Waals surface area contributed by atoms with Gasteiger partial charge in [-0.3, -0.25) is 4.79 Å². The van der Waals surface area contributed by atoms with E-state index >= 15 is 0 Å². The molecular formula is C14H22N2O3S. The van der Waals surface area contributed by atoms with Crippen LogP contribution >= 0.6 is 0 Å². The number of rotatable bonds is 7. The third-order valence-electron chi connectivity index (χ3n) is 3.21. The van der Waals surface area contributed by atoms with Crippen LogP contribution in [0.2, 0.25) is 0 Å². The van der Waals surface area contributed by atoms with Crippen LogP contribution in [0.1, 0.15) is 12.5 Å². The Labute approximate surface area is 120 Å². The van der Waals surface area contributed by atoms with Crippen molar-refractivity contribution in [3.8, 4) is 0 Å². The van der Waals surface area contributed by atoms with Gasteiger partial charge < -0.3 is 10.6 Å². The van der Waals surface area contributed by atoms with Crippen LogP contribution in [0.5, 0.6) is 0 Å². The molecule has 0 bridgehead atoms. The van der Waals surface area contributed by atoms with E-state index in [1.807, 2.05) is 30.3 Å². The molecule has 0 aliphatic rings. The summed E-state index contributed by atoms with van der Waals surface area (Å²) in [5, 5.41) is -1.02. The van der Waals surface area contributed by atoms with Crippen LogP contribution < -0.4 is 5.73 Å². The second-order valence-electron chi connectivity index (χ2n) is 4.82. The summed E-state index contributed by atoms with van der Waals surface area (Å²) in [7, 11) is -3.38. The minimum atomic E-state index is -3.38. The molecule has 0 radical (unpaired) electrons. The van der Waals surface area contributed by atoms with E-state index in [1.165, 1.54) is 11.8 Å². The van der Waals surface area contributed by atoms with E-state index < -0.39 is 15.1 Å². The summed E-state index contributed by atoms with van der Waals surface area (Å²) in [6.45, 7) is 2.58. The number of sulfone groups is 1. The van der Waals surface area contributed by atoms with Crippen molar-refractivity contribution in [3.05, 3.63) is 35.9 Å². The monoisotopic (exact) mass is 298 g/mol. The Morgan fingerprint density at radius 2 is 1.85 bits per heavy atom. The van der Waals surface area contributed by atoms with E-state index in [2.05, 4.69) is 0 Å². The van der Waals surface area contributed by atoms with Crippen LogP contribution in [-0.4, -0.2) is 50.4 Å². The standard InChI is InChI=1S/C14H22N2O3S/c1-12(20(2,18)19)14(17)16(11-9-15)10-8-13-6-4-3-5-7-13/h3-7,12H,8-11,15H2,1-2H3. The number of carbonyl (C=O) groups excluding carboxylic acids is 1. The Kier molecular flexibility index (Phi) is 6.16. The quantitative estimate of drug-likeness (QED) is 0.792. The van der Waals surface area contributed by atoms with Gasteiger partial charge in [-0.15, -0.1) is 0 Å². The number of benzene rings is 1. The third kappa shape index (κ3) is 4.94. The Hall–Kier alpha value is -1.40. The number of nitrogens with two attached hydrogens (primary N) is 1. The van der Waals surface area contributed by atoms with E-state index in [0.29, 0.717) is 26.1 Å². The maximum atomic E-state index is 12.2. The lowest BCUT2D eigenvalue weighted by atomic mass is 10.1. The summed E-state index contributed by atoms with van der Waals surface area (Å²) in [5.74, 6) is -0.381. The van der Waals surface area contributed by atoms with Gasteiger partial charge in [0.15, 0.2) is 9.84 Å². The van der Waals surface area contributed by atoms with Gasteiger partial charge in [0.2, 0.25) is 5.91 Å². The molecule has 0 spiro atoms. The summed E-state index contributed by atoms with van der Waals surface area (Å²) in [4.78, 5) is 13.7. The highest BCUT2D eigenvalue weighted by atomic mass is 32.2. The van der Waals surface area contributed by atoms with Crippen LogP contribution in [0, 0.1) is 0 Å². The van der Waals surface area contributed by atoms with Crippen molar-refractivity contribution in [1.82, 2.24) is 4.90 Å². The largest absolute Gasteiger partial charge is 0.340 e. The maximum absolute atomic E-state index is 12.2. The first-order valence-corrected chi connectivity index (χ1v) is 8.53. The average molecular weight is 298 g/mol. The Morgan fingerprint density at radius 1 is 1.25 bits per heavy atom. The van der Waals surface area contributed by atoms with Gasteiger partial charge in [-0.2, -0.15) is 0 Å². The van der Waals surface area contributed by atoms with Crippen LogP contribution in [-0.2, 0) is 21.1 Å². The molecule has 0 saturated carbocycles. The Balaban J connectivity index is 2.71. The molecule has 1 aromatic rings. The van der Waals surface area contributed by atoms with Gasteiger partial charge in [0.05, 0.1) is 0 Å². The number of hydrogen-bond donors (Lipinski definition) is 1. The molecule has 1 unspecified atom stereocenters. The molecule has 0 heterocycles. The second kappa shape index (κ2) is 7.40. The average Bonchev–Trinajstić information content (AvgIpc) is 2.42. The fourth-order valence-corrected chi connectivity index (χ4v) is 2.35. The molecule has 20 heavy (non-hydrogen) atoms. The van der Waals surface area contributed by atoms with Crippen LogP contribution in [0.3, 0.4) is 0 Å². The van der Waals surface area contributed by atoms with E-state index in [-0.39, 0.29) is 5.91 Å². The highest BCUT2D eigenvalue weighted by Crippen LogP contribution is 2.07. The minimum Gasteiger partial charge on any atom is -0.340 e. The highest BCUT2D eigenvalue weighted by Gasteiger charge is 2.27. The zero-order valence-electron chi connectivity index (χ0n) is 12.0. The van der Waals surface area contributed by atoms with E-state index in [9.17, 15) is 13.2 Å². The molecule has 0 aliphatic heterocycles. The van der Waals surface area contributed by atoms with Gasteiger partial charge in [0, 0.05) is 25.9 Å². The Morgan fingerprint density at radius 3 is 2.35 bits per heavy atom. The molecule has 0 aliphatic carbocycles. The molecular weight excluding hydrogens is 276 g/mol. The predicted octanol–water partition coefficient (Wildman–Crippen LogP) is 0.450. The molecule has 112 valence electrons. The second-order valence-corrected chi connectivity index (χ2v) is 7.19. The molecule has 1 rings (SSSR count). The topological polar surface area (TPSA) is 80.5 Å². The fraction of sp³-hybridized carbons (Fsp3) is 0.500. The summed E-state index contributed by atoms with van der Waals surface area (Å²) < 4.78 is 23.0. The lowest BCUT2D eigenvalue weighted by Crippen LogP contribution is -2.44. The first-order chi connectivity index (χ1) is 9.36. The van der Waals surface area contributed by atoms with Crippen molar-refractivity contribution in [2.75, 3.05) is 25.9 Å². The number of amides is 1. The van der Waals surface area contributed by atoms with Gasteiger partial charge in [0.1, 0.15) is 5.25 Å². The molecule has 1 atom stereocenters. The minimum absolute atomic E-state index is 0.316. The van der Waals surface area contributed by atoms with Gasteiger partial charge >= 0.3 is 0 Å². The van der Waals surface area contributed by atoms with Gasteiger partial charge in [0.25, 0.3) is 0 Å². The summed E-state index contributed by atoms with van der Waals surface area (Å²) in [6.07, 6.45) is 1.76. The maximum Gasteiger partial charge on any atom is 0.240 e. The van der Waals surface area contributed by atoms with Gasteiger partial charge in [-0.1, -0.05) is 30.3 Å². The molecule has 0 fully saturated rings. The van der Waals surface area contributed by atoms with E-state index in [1.54, 1.807) is 0 Å². The fourth-order valence-electron chi connectivity index (χ4n) is 1.84. The first-order valence-electron chi connectivity index (χ1n) is 6.58. The van der Waals surface area contributed by atoms with Crippen LogP contribution in [0.25, 0.3) is 0 Å². The van der Waals surface area contributed by atoms with Crippen molar-refractivity contribution in [2.45, 2.75) is 18.6 Å². The van der Waals surface area contributed by atoms with Crippen molar-refractivity contribution >= 4 is 15.7 Å². The molecule has 0 aromatic heterocycles. The zero-order valence-corrected chi connectivity index (χ0v) is 12.8. The number of nitrogens with zero attached hydrogens (tertiary/aromatic N) is 1. The molecule has 5 nitrogen and oxygen atoms in total.